The van der Waals surface area contributed by atoms with Gasteiger partial charge in [-0.1, -0.05) is 0 Å². The van der Waals surface area contributed by atoms with Crippen LogP contribution in [0, 0.1) is 0 Å². The van der Waals surface area contributed by atoms with E-state index in [4.69, 9.17) is 0 Å². The molecule has 0 aliphatic carbocycles. The molecule has 0 saturated carbocycles. The predicted octanol–water partition coefficient (Wildman–Crippen LogP) is -1.08. The Labute approximate surface area is 79.1 Å². The summed E-state index contributed by atoms with van der Waals surface area (Å²) in [5.74, 6) is 0. The molecule has 1 aliphatic heterocycles. The largest absolute Gasteiger partial charge is 0.340 e. The number of hydrogen-bond acceptors (Lipinski definition) is 5. The first-order valence-electron chi connectivity index (χ1n) is 3.64. The lowest BCUT2D eigenvalue weighted by atomic mass is 10.4. The van der Waals surface area contributed by atoms with Crippen molar-refractivity contribution in [2.24, 2.45) is 11.4 Å². The average Bonchev–Trinajstić information content (AvgIpc) is 2.11. The van der Waals surface area contributed by atoms with Crippen molar-refractivity contribution >= 4 is 22.0 Å². The standard InChI is InChI=1S/C6H6N4O3S/c1-10-6(11)5-4(2-8-10)14(12,13)9-3-7-5/h2-3H,1H3,(H,7,9). The van der Waals surface area contributed by atoms with Crippen LogP contribution in [0.2, 0.25) is 0 Å². The van der Waals surface area contributed by atoms with Gasteiger partial charge >= 0.3 is 0 Å². The van der Waals surface area contributed by atoms with Crippen LogP contribution in [-0.2, 0) is 17.1 Å². The summed E-state index contributed by atoms with van der Waals surface area (Å²) in [7, 11) is -2.32. The van der Waals surface area contributed by atoms with E-state index >= 15 is 0 Å². The van der Waals surface area contributed by atoms with E-state index in [1.807, 2.05) is 0 Å². The Morgan fingerprint density at radius 2 is 2.21 bits per heavy atom. The smallest absolute Gasteiger partial charge is 0.291 e. The molecule has 7 nitrogen and oxygen atoms in total. The third kappa shape index (κ3) is 1.11. The van der Waals surface area contributed by atoms with Gasteiger partial charge in [-0.15, -0.1) is 4.40 Å². The molecule has 2 rings (SSSR count). The van der Waals surface area contributed by atoms with E-state index in [2.05, 4.69) is 14.8 Å². The molecule has 2 heterocycles. The van der Waals surface area contributed by atoms with Gasteiger partial charge in [0, 0.05) is 7.05 Å². The van der Waals surface area contributed by atoms with Crippen LogP contribution in [0.3, 0.4) is 0 Å². The topological polar surface area (TPSA) is 93.4 Å². The molecule has 1 aromatic heterocycles. The first kappa shape index (κ1) is 8.88. The molecule has 74 valence electrons. The maximum atomic E-state index is 11.4. The van der Waals surface area contributed by atoms with Gasteiger partial charge in [0.1, 0.15) is 16.9 Å². The van der Waals surface area contributed by atoms with E-state index in [9.17, 15) is 13.2 Å². The minimum Gasteiger partial charge on any atom is -0.340 e. The Balaban J connectivity index is 2.87. The highest BCUT2D eigenvalue weighted by molar-refractivity contribution is 7.90. The van der Waals surface area contributed by atoms with Gasteiger partial charge in [-0.3, -0.25) is 4.79 Å². The summed E-state index contributed by atoms with van der Waals surface area (Å²) < 4.78 is 26.9. The summed E-state index contributed by atoms with van der Waals surface area (Å²) >= 11 is 0. The first-order chi connectivity index (χ1) is 6.52. The van der Waals surface area contributed by atoms with Crippen molar-refractivity contribution < 1.29 is 8.42 Å². The third-order valence-corrected chi connectivity index (χ3v) is 3.03. The number of rotatable bonds is 0. The zero-order valence-corrected chi connectivity index (χ0v) is 7.95. The van der Waals surface area contributed by atoms with Crippen molar-refractivity contribution in [2.75, 3.05) is 5.32 Å². The van der Waals surface area contributed by atoms with E-state index in [0.717, 1.165) is 17.2 Å². The van der Waals surface area contributed by atoms with Crippen LogP contribution in [-0.4, -0.2) is 24.5 Å². The molecular weight excluding hydrogens is 208 g/mol. The van der Waals surface area contributed by atoms with Gasteiger partial charge < -0.3 is 5.32 Å². The second-order valence-corrected chi connectivity index (χ2v) is 4.27. The predicted molar refractivity (Wildman–Crippen MR) is 48.8 cm³/mol. The lowest BCUT2D eigenvalue weighted by Gasteiger charge is -2.10. The first-order valence-corrected chi connectivity index (χ1v) is 5.08. The van der Waals surface area contributed by atoms with Crippen molar-refractivity contribution in [1.82, 2.24) is 9.78 Å². The van der Waals surface area contributed by atoms with E-state index in [0.29, 0.717) is 0 Å². The van der Waals surface area contributed by atoms with Gasteiger partial charge in [0.25, 0.3) is 15.6 Å². The lowest BCUT2D eigenvalue weighted by Crippen LogP contribution is -2.27. The SMILES string of the molecule is Cn1ncc2c(c1=O)NC=NS2(=O)=O. The van der Waals surface area contributed by atoms with Gasteiger partial charge in [0.05, 0.1) is 6.20 Å². The van der Waals surface area contributed by atoms with Crippen LogP contribution in [0.1, 0.15) is 0 Å². The van der Waals surface area contributed by atoms with Crippen LogP contribution in [0.5, 0.6) is 0 Å². The molecule has 0 unspecified atom stereocenters. The summed E-state index contributed by atoms with van der Waals surface area (Å²) in [6, 6.07) is 0. The van der Waals surface area contributed by atoms with Gasteiger partial charge in [0.15, 0.2) is 0 Å². The lowest BCUT2D eigenvalue weighted by molar-refractivity contribution is 0.594. The van der Waals surface area contributed by atoms with Gasteiger partial charge in [0.2, 0.25) is 0 Å². The number of fused-ring (bicyclic) bond motifs is 1. The van der Waals surface area contributed by atoms with Gasteiger partial charge in [-0.05, 0) is 0 Å². The highest BCUT2D eigenvalue weighted by Gasteiger charge is 2.24. The van der Waals surface area contributed by atoms with Crippen LogP contribution in [0.4, 0.5) is 5.69 Å². The molecule has 0 saturated heterocycles. The van der Waals surface area contributed by atoms with E-state index in [1.165, 1.54) is 7.05 Å². The van der Waals surface area contributed by atoms with Crippen LogP contribution >= 0.6 is 0 Å². The van der Waals surface area contributed by atoms with E-state index in [-0.39, 0.29) is 10.6 Å². The quantitative estimate of drug-likeness (QED) is 0.593. The molecule has 8 heteroatoms. The fourth-order valence-electron chi connectivity index (χ4n) is 1.07. The van der Waals surface area contributed by atoms with Crippen LogP contribution in [0.25, 0.3) is 0 Å². The Kier molecular flexibility index (Phi) is 1.68. The van der Waals surface area contributed by atoms with Crippen molar-refractivity contribution in [1.29, 1.82) is 0 Å². The Morgan fingerprint density at radius 3 is 2.93 bits per heavy atom. The number of nitrogens with zero attached hydrogens (tertiary/aromatic N) is 3. The molecule has 1 aliphatic rings. The van der Waals surface area contributed by atoms with Gasteiger partial charge in [-0.2, -0.15) is 13.5 Å². The highest BCUT2D eigenvalue weighted by atomic mass is 32.2. The number of sulfonamides is 1. The number of anilines is 1. The highest BCUT2D eigenvalue weighted by Crippen LogP contribution is 2.20. The van der Waals surface area contributed by atoms with Crippen molar-refractivity contribution in [3.63, 3.8) is 0 Å². The summed E-state index contributed by atoms with van der Waals surface area (Å²) in [4.78, 5) is 11.2. The zero-order valence-electron chi connectivity index (χ0n) is 7.13. The summed E-state index contributed by atoms with van der Waals surface area (Å²) in [6.45, 7) is 0. The Hall–Kier alpha value is -1.70. The summed E-state index contributed by atoms with van der Waals surface area (Å²) in [6.07, 6.45) is 2.06. The van der Waals surface area contributed by atoms with Crippen molar-refractivity contribution in [3.8, 4) is 0 Å². The molecule has 1 aromatic rings. The van der Waals surface area contributed by atoms with Crippen LogP contribution in [0.15, 0.2) is 20.3 Å². The number of hydrogen-bond donors (Lipinski definition) is 1. The zero-order chi connectivity index (χ0) is 10.3. The minimum absolute atomic E-state index is 0.0162. The minimum atomic E-state index is -3.75. The normalized spacial score (nSPS) is 17.2. The third-order valence-electron chi connectivity index (χ3n) is 1.78. The summed E-state index contributed by atoms with van der Waals surface area (Å²) in [5.41, 5.74) is -0.519. The fraction of sp³-hybridized carbons (Fsp3) is 0.167. The van der Waals surface area contributed by atoms with E-state index < -0.39 is 15.6 Å². The van der Waals surface area contributed by atoms with Gasteiger partial charge in [-0.25, -0.2) is 4.68 Å². The molecular formula is C6H6N4O3S. The number of aryl methyl sites for hydroxylation is 1. The van der Waals surface area contributed by atoms with Crippen molar-refractivity contribution in [2.45, 2.75) is 4.90 Å². The number of nitrogens with one attached hydrogen (secondary N) is 1. The molecule has 0 atom stereocenters. The number of aromatic nitrogens is 2. The molecule has 0 spiro atoms. The molecule has 0 bridgehead atoms. The molecule has 0 aromatic carbocycles. The fourth-order valence-corrected chi connectivity index (χ4v) is 1.96. The molecule has 1 N–H and O–H groups in total. The molecule has 14 heavy (non-hydrogen) atoms. The van der Waals surface area contributed by atoms with Crippen molar-refractivity contribution in [3.05, 3.63) is 16.6 Å². The molecule has 0 fully saturated rings. The molecule has 0 radical (unpaired) electrons. The average molecular weight is 214 g/mol. The Morgan fingerprint density at radius 1 is 1.50 bits per heavy atom. The maximum Gasteiger partial charge on any atom is 0.291 e. The van der Waals surface area contributed by atoms with E-state index in [1.54, 1.807) is 0 Å². The maximum absolute atomic E-state index is 11.4. The molecule has 0 amide bonds. The second-order valence-electron chi connectivity index (χ2n) is 2.67. The summed E-state index contributed by atoms with van der Waals surface area (Å²) in [5, 5.41) is 6.08. The monoisotopic (exact) mass is 214 g/mol. The second kappa shape index (κ2) is 2.64. The Bertz CT molecular complexity index is 571. The van der Waals surface area contributed by atoms with Crippen LogP contribution < -0.4 is 10.9 Å².